The molecule has 0 radical (unpaired) electrons. The highest BCUT2D eigenvalue weighted by Gasteiger charge is 2.38. The molecular weight excluding hydrogens is 404 g/mol. The fraction of sp³-hybridized carbons (Fsp3) is 0.455. The second-order valence-corrected chi connectivity index (χ2v) is 7.46. The molecule has 9 heteroatoms. The van der Waals surface area contributed by atoms with Gasteiger partial charge in [-0.25, -0.2) is 9.59 Å². The van der Waals surface area contributed by atoms with Crippen LogP contribution in [0.5, 0.6) is 0 Å². The molecule has 1 aliphatic heterocycles. The molecule has 0 spiro atoms. The molecule has 1 atom stereocenters. The standard InChI is InChI=1S/C22H28N2O7/c1-5-8-17(9-6-2)30-31-22(27)19-14(4)23-13(3)18(21(25)26)20(19)15-10-7-11-16(12-15)24(28)29/h7,10-12,17,20,23H,5-6,8-9H2,1-4H3,(H,25,26). The number of benzene rings is 1. The normalized spacial score (nSPS) is 16.4. The molecule has 0 aromatic heterocycles. The van der Waals surface area contributed by atoms with Gasteiger partial charge in [-0.3, -0.25) is 15.0 Å². The van der Waals surface area contributed by atoms with Gasteiger partial charge in [0.15, 0.2) is 0 Å². The molecule has 0 amide bonds. The minimum atomic E-state index is -1.24. The van der Waals surface area contributed by atoms with Gasteiger partial charge < -0.3 is 10.4 Å². The second-order valence-electron chi connectivity index (χ2n) is 7.46. The van der Waals surface area contributed by atoms with E-state index in [4.69, 9.17) is 9.78 Å². The lowest BCUT2D eigenvalue weighted by atomic mass is 9.80. The summed E-state index contributed by atoms with van der Waals surface area (Å²) in [7, 11) is 0. The van der Waals surface area contributed by atoms with Gasteiger partial charge in [-0.15, -0.1) is 0 Å². The van der Waals surface area contributed by atoms with Crippen molar-refractivity contribution in [3.63, 3.8) is 0 Å². The number of hydrogen-bond acceptors (Lipinski definition) is 7. The number of hydrogen-bond donors (Lipinski definition) is 2. The average Bonchev–Trinajstić information content (AvgIpc) is 2.71. The zero-order chi connectivity index (χ0) is 23.1. The van der Waals surface area contributed by atoms with Crippen LogP contribution >= 0.6 is 0 Å². The zero-order valence-corrected chi connectivity index (χ0v) is 18.1. The van der Waals surface area contributed by atoms with Crippen molar-refractivity contribution in [2.24, 2.45) is 0 Å². The molecule has 2 rings (SSSR count). The van der Waals surface area contributed by atoms with Crippen LogP contribution in [0.2, 0.25) is 0 Å². The third kappa shape index (κ3) is 5.69. The van der Waals surface area contributed by atoms with Crippen molar-refractivity contribution in [1.82, 2.24) is 5.32 Å². The van der Waals surface area contributed by atoms with Crippen LogP contribution in [0.15, 0.2) is 46.8 Å². The number of carbonyl (C=O) groups is 2. The van der Waals surface area contributed by atoms with E-state index in [1.165, 1.54) is 18.2 Å². The molecule has 0 saturated carbocycles. The molecule has 0 aliphatic carbocycles. The number of carboxylic acids is 1. The number of nitrogens with one attached hydrogen (secondary N) is 1. The van der Waals surface area contributed by atoms with Gasteiger partial charge in [0, 0.05) is 23.5 Å². The van der Waals surface area contributed by atoms with Gasteiger partial charge in [0.05, 0.1) is 22.0 Å². The Kier molecular flexibility index (Phi) is 8.32. The van der Waals surface area contributed by atoms with E-state index in [1.54, 1.807) is 19.9 Å². The first-order valence-corrected chi connectivity index (χ1v) is 10.2. The third-order valence-corrected chi connectivity index (χ3v) is 5.11. The zero-order valence-electron chi connectivity index (χ0n) is 18.1. The molecule has 168 valence electrons. The Morgan fingerprint density at radius 1 is 1.16 bits per heavy atom. The monoisotopic (exact) mass is 432 g/mol. The number of nitro benzene ring substituents is 1. The number of carboxylic acid groups (broad SMARTS) is 1. The summed E-state index contributed by atoms with van der Waals surface area (Å²) in [6.07, 6.45) is 2.87. The largest absolute Gasteiger partial charge is 0.478 e. The van der Waals surface area contributed by atoms with Crippen molar-refractivity contribution in [3.05, 3.63) is 62.5 Å². The predicted octanol–water partition coefficient (Wildman–Crippen LogP) is 4.36. The van der Waals surface area contributed by atoms with Crippen molar-refractivity contribution >= 4 is 17.6 Å². The molecule has 2 N–H and O–H groups in total. The highest BCUT2D eigenvalue weighted by molar-refractivity contribution is 5.99. The van der Waals surface area contributed by atoms with Crippen LogP contribution in [0.1, 0.15) is 64.9 Å². The SMILES string of the molecule is CCCC(CCC)OOC(=O)C1=C(C)NC(C)=C(C(=O)O)C1c1cccc([N+](=O)[O-])c1. The summed E-state index contributed by atoms with van der Waals surface area (Å²) < 4.78 is 0. The van der Waals surface area contributed by atoms with Crippen LogP contribution in [0.25, 0.3) is 0 Å². The Hall–Kier alpha value is -3.20. The molecule has 1 aliphatic rings. The summed E-state index contributed by atoms with van der Waals surface area (Å²) in [5.41, 5.74) is 0.791. The maximum Gasteiger partial charge on any atom is 0.371 e. The fourth-order valence-corrected chi connectivity index (χ4v) is 3.74. The lowest BCUT2D eigenvalue weighted by molar-refractivity contribution is -0.384. The van der Waals surface area contributed by atoms with Crippen molar-refractivity contribution in [2.45, 2.75) is 65.4 Å². The molecule has 0 fully saturated rings. The molecule has 0 bridgehead atoms. The minimum Gasteiger partial charge on any atom is -0.478 e. The average molecular weight is 432 g/mol. The molecule has 1 unspecified atom stereocenters. The van der Waals surface area contributed by atoms with Crippen molar-refractivity contribution < 1.29 is 29.4 Å². The number of nitrogens with zero attached hydrogens (tertiary/aromatic N) is 1. The van der Waals surface area contributed by atoms with Crippen LogP contribution in [0.3, 0.4) is 0 Å². The Labute approximate surface area is 180 Å². The van der Waals surface area contributed by atoms with Gasteiger partial charge in [0.2, 0.25) is 0 Å². The van der Waals surface area contributed by atoms with E-state index in [0.29, 0.717) is 29.8 Å². The summed E-state index contributed by atoms with van der Waals surface area (Å²) in [5, 5.41) is 24.0. The number of non-ortho nitro benzene ring substituents is 1. The van der Waals surface area contributed by atoms with Crippen LogP contribution in [-0.2, 0) is 19.4 Å². The summed E-state index contributed by atoms with van der Waals surface area (Å²) in [6.45, 7) is 7.19. The van der Waals surface area contributed by atoms with E-state index in [0.717, 1.165) is 12.8 Å². The first-order chi connectivity index (χ1) is 14.7. The number of allylic oxidation sites excluding steroid dienone is 2. The predicted molar refractivity (Wildman–Crippen MR) is 113 cm³/mol. The first-order valence-electron chi connectivity index (χ1n) is 10.2. The third-order valence-electron chi connectivity index (χ3n) is 5.11. The molecule has 1 aromatic rings. The summed E-state index contributed by atoms with van der Waals surface area (Å²) in [5.74, 6) is -3.12. The molecule has 0 saturated heterocycles. The van der Waals surface area contributed by atoms with Gasteiger partial charge in [-0.2, -0.15) is 4.89 Å². The minimum absolute atomic E-state index is 0.0373. The Morgan fingerprint density at radius 3 is 2.32 bits per heavy atom. The van der Waals surface area contributed by atoms with E-state index in [1.807, 2.05) is 13.8 Å². The number of nitro groups is 1. The lowest BCUT2D eigenvalue weighted by Gasteiger charge is -2.29. The van der Waals surface area contributed by atoms with E-state index < -0.39 is 22.8 Å². The molecular formula is C22H28N2O7. The van der Waals surface area contributed by atoms with Crippen LogP contribution in [-0.4, -0.2) is 28.1 Å². The summed E-state index contributed by atoms with van der Waals surface area (Å²) in [6, 6.07) is 5.58. The van der Waals surface area contributed by atoms with Crippen molar-refractivity contribution in [3.8, 4) is 0 Å². The highest BCUT2D eigenvalue weighted by Crippen LogP contribution is 2.39. The number of carbonyl (C=O) groups excluding carboxylic acids is 1. The molecule has 1 aromatic carbocycles. The van der Waals surface area contributed by atoms with E-state index in [9.17, 15) is 24.8 Å². The Balaban J connectivity index is 2.46. The molecule has 1 heterocycles. The van der Waals surface area contributed by atoms with E-state index >= 15 is 0 Å². The number of dihydropyridines is 1. The lowest BCUT2D eigenvalue weighted by Crippen LogP contribution is -2.32. The van der Waals surface area contributed by atoms with Crippen LogP contribution in [0.4, 0.5) is 5.69 Å². The van der Waals surface area contributed by atoms with Gasteiger partial charge in [0.25, 0.3) is 5.69 Å². The van der Waals surface area contributed by atoms with Gasteiger partial charge in [0.1, 0.15) is 6.10 Å². The second kappa shape index (κ2) is 10.7. The van der Waals surface area contributed by atoms with Gasteiger partial charge in [-0.1, -0.05) is 38.8 Å². The van der Waals surface area contributed by atoms with Gasteiger partial charge >= 0.3 is 11.9 Å². The van der Waals surface area contributed by atoms with E-state index in [2.05, 4.69) is 5.32 Å². The van der Waals surface area contributed by atoms with Crippen LogP contribution in [0, 0.1) is 10.1 Å². The van der Waals surface area contributed by atoms with E-state index in [-0.39, 0.29) is 22.9 Å². The Bertz CT molecular complexity index is 914. The first kappa shape index (κ1) is 24.1. The quantitative estimate of drug-likeness (QED) is 0.317. The highest BCUT2D eigenvalue weighted by atomic mass is 17.2. The van der Waals surface area contributed by atoms with Crippen molar-refractivity contribution in [2.75, 3.05) is 0 Å². The summed E-state index contributed by atoms with van der Waals surface area (Å²) >= 11 is 0. The van der Waals surface area contributed by atoms with Crippen molar-refractivity contribution in [1.29, 1.82) is 0 Å². The van der Waals surface area contributed by atoms with Crippen LogP contribution < -0.4 is 5.32 Å². The number of aliphatic carboxylic acids is 1. The van der Waals surface area contributed by atoms with Gasteiger partial charge in [-0.05, 0) is 32.3 Å². The smallest absolute Gasteiger partial charge is 0.371 e. The fourth-order valence-electron chi connectivity index (χ4n) is 3.74. The maximum absolute atomic E-state index is 13.0. The summed E-state index contributed by atoms with van der Waals surface area (Å²) in [4.78, 5) is 46.2. The number of rotatable bonds is 10. The topological polar surface area (TPSA) is 128 Å². The Morgan fingerprint density at radius 2 is 1.77 bits per heavy atom. The molecule has 9 nitrogen and oxygen atoms in total. The molecule has 31 heavy (non-hydrogen) atoms. The maximum atomic E-state index is 13.0.